The summed E-state index contributed by atoms with van der Waals surface area (Å²) in [5.41, 5.74) is 0.695. The van der Waals surface area contributed by atoms with Gasteiger partial charge in [0, 0.05) is 0 Å². The molecule has 0 saturated heterocycles. The minimum atomic E-state index is -1.16. The van der Waals surface area contributed by atoms with Crippen LogP contribution in [0.25, 0.3) is 0 Å². The van der Waals surface area contributed by atoms with Crippen LogP contribution in [0.3, 0.4) is 0 Å². The first kappa shape index (κ1) is 11.3. The Kier molecular flexibility index (Phi) is 3.93. The van der Waals surface area contributed by atoms with Crippen LogP contribution in [0.1, 0.15) is 11.6 Å². The van der Waals surface area contributed by atoms with Gasteiger partial charge in [-0.2, -0.15) is 0 Å². The van der Waals surface area contributed by atoms with E-state index < -0.39 is 12.1 Å². The first-order chi connectivity index (χ1) is 7.17. The number of aliphatic hydroxyl groups is 1. The van der Waals surface area contributed by atoms with Gasteiger partial charge in [0.25, 0.3) is 0 Å². The van der Waals surface area contributed by atoms with Crippen LogP contribution in [0.4, 0.5) is 4.79 Å². The van der Waals surface area contributed by atoms with Gasteiger partial charge in [-0.1, -0.05) is 12.1 Å². The molecule has 0 heterocycles. The number of hydrogen-bond donors (Lipinski definition) is 3. The lowest BCUT2D eigenvalue weighted by Gasteiger charge is -2.14. The average Bonchev–Trinajstić information content (AvgIpc) is 2.26. The van der Waals surface area contributed by atoms with Gasteiger partial charge >= 0.3 is 6.09 Å². The Morgan fingerprint density at radius 1 is 1.47 bits per heavy atom. The summed E-state index contributed by atoms with van der Waals surface area (Å²) < 4.78 is 4.96. The third-order valence-corrected chi connectivity index (χ3v) is 2.00. The Morgan fingerprint density at radius 2 is 2.07 bits per heavy atom. The third kappa shape index (κ3) is 3.14. The molecule has 1 amide bonds. The van der Waals surface area contributed by atoms with Crippen LogP contribution >= 0.6 is 0 Å². The fourth-order valence-corrected chi connectivity index (χ4v) is 1.22. The number of carboxylic acid groups (broad SMARTS) is 1. The molecule has 0 unspecified atom stereocenters. The van der Waals surface area contributed by atoms with Gasteiger partial charge in [0.05, 0.1) is 19.8 Å². The number of nitrogens with one attached hydrogen (secondary N) is 1. The second-order valence-corrected chi connectivity index (χ2v) is 2.96. The molecule has 0 bridgehead atoms. The number of methoxy groups -OCH3 is 1. The number of benzene rings is 1. The molecular weight excluding hydrogens is 198 g/mol. The highest BCUT2D eigenvalue weighted by atomic mass is 16.5. The third-order valence-electron chi connectivity index (χ3n) is 2.00. The van der Waals surface area contributed by atoms with Gasteiger partial charge in [-0.15, -0.1) is 0 Å². The Balaban J connectivity index is 2.78. The van der Waals surface area contributed by atoms with Gasteiger partial charge in [0.1, 0.15) is 5.75 Å². The second-order valence-electron chi connectivity index (χ2n) is 2.96. The molecule has 0 saturated carbocycles. The zero-order valence-electron chi connectivity index (χ0n) is 8.30. The molecule has 5 heteroatoms. The largest absolute Gasteiger partial charge is 0.497 e. The minimum absolute atomic E-state index is 0.279. The number of aliphatic hydroxyl groups excluding tert-OH is 1. The van der Waals surface area contributed by atoms with Gasteiger partial charge in [-0.05, 0) is 17.7 Å². The number of carbonyl (C=O) groups is 1. The molecule has 1 aromatic rings. The van der Waals surface area contributed by atoms with Crippen molar-refractivity contribution in [3.8, 4) is 5.75 Å². The molecule has 1 aromatic carbocycles. The van der Waals surface area contributed by atoms with Gasteiger partial charge in [0.15, 0.2) is 0 Å². The van der Waals surface area contributed by atoms with Crippen molar-refractivity contribution in [1.82, 2.24) is 5.32 Å². The van der Waals surface area contributed by atoms with Crippen molar-refractivity contribution in [1.29, 1.82) is 0 Å². The molecule has 1 rings (SSSR count). The van der Waals surface area contributed by atoms with Crippen molar-refractivity contribution in [2.75, 3.05) is 13.7 Å². The van der Waals surface area contributed by atoms with Crippen molar-refractivity contribution < 1.29 is 19.7 Å². The second kappa shape index (κ2) is 5.21. The summed E-state index contributed by atoms with van der Waals surface area (Å²) in [7, 11) is 1.55. The predicted octanol–water partition coefficient (Wildman–Crippen LogP) is 0.996. The lowest BCUT2D eigenvalue weighted by Crippen LogP contribution is -2.29. The molecule has 0 radical (unpaired) electrons. The van der Waals surface area contributed by atoms with E-state index in [1.165, 1.54) is 0 Å². The van der Waals surface area contributed by atoms with Crippen LogP contribution < -0.4 is 10.1 Å². The smallest absolute Gasteiger partial charge is 0.405 e. The van der Waals surface area contributed by atoms with E-state index in [0.717, 1.165) is 0 Å². The summed E-state index contributed by atoms with van der Waals surface area (Å²) in [6, 6.07) is 6.22. The lowest BCUT2D eigenvalue weighted by atomic mass is 10.1. The maximum atomic E-state index is 10.4. The van der Waals surface area contributed by atoms with Gasteiger partial charge < -0.3 is 20.3 Å². The summed E-state index contributed by atoms with van der Waals surface area (Å²) in [5, 5.41) is 19.7. The topological polar surface area (TPSA) is 78.8 Å². The summed E-state index contributed by atoms with van der Waals surface area (Å²) in [6.45, 7) is -0.279. The van der Waals surface area contributed by atoms with Gasteiger partial charge in [-0.25, -0.2) is 4.79 Å². The maximum absolute atomic E-state index is 10.4. The molecule has 0 fully saturated rings. The van der Waals surface area contributed by atoms with E-state index in [-0.39, 0.29) is 6.61 Å². The van der Waals surface area contributed by atoms with Crippen LogP contribution in [0, 0.1) is 0 Å². The van der Waals surface area contributed by atoms with Crippen molar-refractivity contribution in [3.05, 3.63) is 29.8 Å². The Bertz CT molecular complexity index is 323. The molecule has 82 valence electrons. The zero-order valence-corrected chi connectivity index (χ0v) is 8.30. The van der Waals surface area contributed by atoms with E-state index in [1.54, 1.807) is 31.4 Å². The molecule has 5 nitrogen and oxygen atoms in total. The fourth-order valence-electron chi connectivity index (χ4n) is 1.22. The van der Waals surface area contributed by atoms with Gasteiger partial charge in [-0.3, -0.25) is 0 Å². The zero-order chi connectivity index (χ0) is 11.3. The van der Waals surface area contributed by atoms with Crippen LogP contribution in [0.5, 0.6) is 5.75 Å². The molecule has 1 atom stereocenters. The van der Waals surface area contributed by atoms with Crippen LogP contribution in [0.2, 0.25) is 0 Å². The molecule has 0 aromatic heterocycles. The van der Waals surface area contributed by atoms with Crippen molar-refractivity contribution >= 4 is 6.09 Å². The van der Waals surface area contributed by atoms with Crippen molar-refractivity contribution in [3.63, 3.8) is 0 Å². The van der Waals surface area contributed by atoms with Crippen LogP contribution in [0.15, 0.2) is 24.3 Å². The first-order valence-electron chi connectivity index (χ1n) is 4.41. The monoisotopic (exact) mass is 211 g/mol. The highest BCUT2D eigenvalue weighted by Gasteiger charge is 2.12. The SMILES string of the molecule is COc1ccc([C@@H](CO)NC(=O)O)cc1. The predicted molar refractivity (Wildman–Crippen MR) is 54.0 cm³/mol. The molecule has 0 aliphatic heterocycles. The van der Waals surface area contributed by atoms with E-state index in [4.69, 9.17) is 14.9 Å². The fraction of sp³-hybridized carbons (Fsp3) is 0.300. The standard InChI is InChI=1S/C10H13NO4/c1-15-8-4-2-7(3-5-8)9(6-12)11-10(13)14/h2-5,9,11-12H,6H2,1H3,(H,13,14)/t9-/m1/s1. The summed E-state index contributed by atoms with van der Waals surface area (Å²) in [4.78, 5) is 10.4. The summed E-state index contributed by atoms with van der Waals surface area (Å²) in [5.74, 6) is 0.686. The van der Waals surface area contributed by atoms with E-state index >= 15 is 0 Å². The molecule has 0 aliphatic carbocycles. The molecule has 0 aliphatic rings. The summed E-state index contributed by atoms with van der Waals surface area (Å²) in [6.07, 6.45) is -1.16. The number of amides is 1. The van der Waals surface area contributed by atoms with Gasteiger partial charge in [0.2, 0.25) is 0 Å². The highest BCUT2D eigenvalue weighted by molar-refractivity contribution is 5.65. The quantitative estimate of drug-likeness (QED) is 0.694. The van der Waals surface area contributed by atoms with Crippen molar-refractivity contribution in [2.45, 2.75) is 6.04 Å². The van der Waals surface area contributed by atoms with E-state index in [9.17, 15) is 4.79 Å². The highest BCUT2D eigenvalue weighted by Crippen LogP contribution is 2.17. The Labute approximate surface area is 87.3 Å². The normalized spacial score (nSPS) is 11.9. The Morgan fingerprint density at radius 3 is 2.47 bits per heavy atom. The number of rotatable bonds is 4. The molecule has 15 heavy (non-hydrogen) atoms. The Hall–Kier alpha value is -1.75. The van der Waals surface area contributed by atoms with E-state index in [0.29, 0.717) is 11.3 Å². The number of hydrogen-bond acceptors (Lipinski definition) is 3. The lowest BCUT2D eigenvalue weighted by molar-refractivity contribution is 0.177. The summed E-state index contributed by atoms with van der Waals surface area (Å²) >= 11 is 0. The van der Waals surface area contributed by atoms with Crippen LogP contribution in [-0.4, -0.2) is 30.0 Å². The van der Waals surface area contributed by atoms with Crippen molar-refractivity contribution in [2.24, 2.45) is 0 Å². The van der Waals surface area contributed by atoms with Crippen LogP contribution in [-0.2, 0) is 0 Å². The molecule has 3 N–H and O–H groups in total. The number of ether oxygens (including phenoxy) is 1. The maximum Gasteiger partial charge on any atom is 0.405 e. The average molecular weight is 211 g/mol. The van der Waals surface area contributed by atoms with E-state index in [1.807, 2.05) is 0 Å². The molecular formula is C10H13NO4. The van der Waals surface area contributed by atoms with E-state index in [2.05, 4.69) is 5.32 Å². The first-order valence-corrected chi connectivity index (χ1v) is 4.41. The minimum Gasteiger partial charge on any atom is -0.497 e. The molecule has 0 spiro atoms.